The van der Waals surface area contributed by atoms with E-state index in [1.165, 1.54) is 0 Å². The average Bonchev–Trinajstić information content (AvgIpc) is 2.84. The van der Waals surface area contributed by atoms with Crippen LogP contribution >= 0.6 is 0 Å². The van der Waals surface area contributed by atoms with Crippen molar-refractivity contribution in [2.24, 2.45) is 0 Å². The highest BCUT2D eigenvalue weighted by Crippen LogP contribution is 2.10. The van der Waals surface area contributed by atoms with Crippen molar-refractivity contribution in [3.63, 3.8) is 0 Å². The van der Waals surface area contributed by atoms with Crippen molar-refractivity contribution in [3.05, 3.63) is 11.4 Å². The number of nitrogens with zero attached hydrogens (tertiary/aromatic N) is 4. The molecule has 8 heteroatoms. The predicted octanol–water partition coefficient (Wildman–Crippen LogP) is 0.277. The van der Waals surface area contributed by atoms with Crippen molar-refractivity contribution in [1.82, 2.24) is 20.1 Å². The molecule has 0 unspecified atom stereocenters. The van der Waals surface area contributed by atoms with Gasteiger partial charge in [0.25, 0.3) is 0 Å². The summed E-state index contributed by atoms with van der Waals surface area (Å²) >= 11 is 0. The number of carboxylic acid groups (broad SMARTS) is 1. The maximum absolute atomic E-state index is 11.9. The lowest BCUT2D eigenvalue weighted by molar-refractivity contribution is -0.137. The highest BCUT2D eigenvalue weighted by molar-refractivity contribution is 5.77. The van der Waals surface area contributed by atoms with Gasteiger partial charge in [-0.25, -0.2) is 4.63 Å². The summed E-state index contributed by atoms with van der Waals surface area (Å²) in [7, 11) is 0. The lowest BCUT2D eigenvalue weighted by Crippen LogP contribution is -2.48. The van der Waals surface area contributed by atoms with Gasteiger partial charge in [0.1, 0.15) is 11.4 Å². The Morgan fingerprint density at radius 2 is 1.90 bits per heavy atom. The summed E-state index contributed by atoms with van der Waals surface area (Å²) in [5, 5.41) is 16.2. The monoisotopic (exact) mass is 296 g/mol. The molecule has 0 aromatic carbocycles. The molecule has 1 amide bonds. The molecule has 0 radical (unpaired) electrons. The Labute approximate surface area is 122 Å². The van der Waals surface area contributed by atoms with Crippen LogP contribution in [0.2, 0.25) is 0 Å². The quantitative estimate of drug-likeness (QED) is 0.804. The highest BCUT2D eigenvalue weighted by atomic mass is 16.6. The number of carbonyl (C=O) groups is 2. The smallest absolute Gasteiger partial charge is 0.303 e. The van der Waals surface area contributed by atoms with Crippen LogP contribution in [0.4, 0.5) is 0 Å². The summed E-state index contributed by atoms with van der Waals surface area (Å²) in [5.41, 5.74) is 1.62. The first-order chi connectivity index (χ1) is 10.1. The van der Waals surface area contributed by atoms with Gasteiger partial charge in [0.15, 0.2) is 0 Å². The van der Waals surface area contributed by atoms with Crippen molar-refractivity contribution < 1.29 is 19.3 Å². The molecular weight excluding hydrogens is 276 g/mol. The molecule has 1 aliphatic heterocycles. The van der Waals surface area contributed by atoms with Gasteiger partial charge in [-0.3, -0.25) is 14.5 Å². The number of aryl methyl sites for hydroxylation is 1. The third-order valence-corrected chi connectivity index (χ3v) is 3.63. The molecule has 0 saturated carbocycles. The molecule has 1 aromatic rings. The van der Waals surface area contributed by atoms with Gasteiger partial charge in [0, 0.05) is 45.6 Å². The topological polar surface area (TPSA) is 99.8 Å². The van der Waals surface area contributed by atoms with E-state index in [4.69, 9.17) is 5.11 Å². The Morgan fingerprint density at radius 1 is 1.19 bits per heavy atom. The van der Waals surface area contributed by atoms with Gasteiger partial charge in [0.05, 0.1) is 0 Å². The fourth-order valence-electron chi connectivity index (χ4n) is 2.31. The summed E-state index contributed by atoms with van der Waals surface area (Å²) in [4.78, 5) is 26.4. The Bertz CT molecular complexity index is 494. The fraction of sp³-hybridized carbons (Fsp3) is 0.692. The zero-order valence-corrected chi connectivity index (χ0v) is 12.1. The van der Waals surface area contributed by atoms with Gasteiger partial charge in [-0.2, -0.15) is 0 Å². The van der Waals surface area contributed by atoms with Crippen molar-refractivity contribution in [1.29, 1.82) is 0 Å². The Hall–Kier alpha value is -1.96. The van der Waals surface area contributed by atoms with Crippen LogP contribution in [0, 0.1) is 6.92 Å². The molecule has 1 aliphatic rings. The number of carbonyl (C=O) groups excluding carboxylic acids is 1. The van der Waals surface area contributed by atoms with E-state index in [0.717, 1.165) is 24.5 Å². The lowest BCUT2D eigenvalue weighted by atomic mass is 10.2. The van der Waals surface area contributed by atoms with Crippen LogP contribution in [-0.4, -0.2) is 63.3 Å². The van der Waals surface area contributed by atoms with Crippen molar-refractivity contribution in [2.75, 3.05) is 26.2 Å². The molecule has 2 rings (SSSR count). The summed E-state index contributed by atoms with van der Waals surface area (Å²) in [6.45, 7) is 5.41. The first kappa shape index (κ1) is 15.4. The molecular formula is C13H20N4O4. The van der Waals surface area contributed by atoms with E-state index >= 15 is 0 Å². The molecule has 2 heterocycles. The minimum absolute atomic E-state index is 0.0372. The normalized spacial score (nSPS) is 16.1. The molecule has 0 atom stereocenters. The average molecular weight is 296 g/mol. The molecule has 1 fully saturated rings. The Balaban J connectivity index is 1.71. The second-order valence-electron chi connectivity index (χ2n) is 5.20. The number of carboxylic acids is 1. The van der Waals surface area contributed by atoms with E-state index in [1.54, 1.807) is 4.90 Å². The number of hydrogen-bond donors (Lipinski definition) is 1. The molecule has 21 heavy (non-hydrogen) atoms. The van der Waals surface area contributed by atoms with Crippen LogP contribution in [0.5, 0.6) is 0 Å². The van der Waals surface area contributed by atoms with E-state index in [2.05, 4.69) is 19.8 Å². The minimum atomic E-state index is -0.857. The summed E-state index contributed by atoms with van der Waals surface area (Å²) in [6.07, 6.45) is 0.751. The molecule has 1 aromatic heterocycles. The minimum Gasteiger partial charge on any atom is -0.481 e. The molecule has 0 aliphatic carbocycles. The molecule has 116 valence electrons. The van der Waals surface area contributed by atoms with Gasteiger partial charge in [-0.05, 0) is 13.3 Å². The Morgan fingerprint density at radius 3 is 2.48 bits per heavy atom. The molecule has 0 spiro atoms. The van der Waals surface area contributed by atoms with Gasteiger partial charge in [0.2, 0.25) is 5.91 Å². The maximum atomic E-state index is 11.9. The standard InChI is InChI=1S/C13H20N4O4/c1-10-11(15-21-14-10)9-16-5-7-17(8-6-16)12(18)3-2-4-13(19)20/h2-9H2,1H3,(H,19,20). The Kier molecular flexibility index (Phi) is 5.26. The highest BCUT2D eigenvalue weighted by Gasteiger charge is 2.22. The van der Waals surface area contributed by atoms with E-state index in [-0.39, 0.29) is 12.3 Å². The second kappa shape index (κ2) is 7.16. The SMILES string of the molecule is Cc1nonc1CN1CCN(C(=O)CCCC(=O)O)CC1. The number of amides is 1. The van der Waals surface area contributed by atoms with E-state index < -0.39 is 5.97 Å². The van der Waals surface area contributed by atoms with Gasteiger partial charge in [-0.1, -0.05) is 10.3 Å². The van der Waals surface area contributed by atoms with Crippen LogP contribution in [0.3, 0.4) is 0 Å². The van der Waals surface area contributed by atoms with Crippen molar-refractivity contribution >= 4 is 11.9 Å². The number of rotatable bonds is 6. The first-order valence-corrected chi connectivity index (χ1v) is 7.06. The molecule has 8 nitrogen and oxygen atoms in total. The summed E-state index contributed by atoms with van der Waals surface area (Å²) < 4.78 is 4.67. The summed E-state index contributed by atoms with van der Waals surface area (Å²) in [5.74, 6) is -0.820. The molecule has 1 saturated heterocycles. The maximum Gasteiger partial charge on any atom is 0.303 e. The third kappa shape index (κ3) is 4.52. The number of hydrogen-bond acceptors (Lipinski definition) is 6. The summed E-state index contributed by atoms with van der Waals surface area (Å²) in [6, 6.07) is 0. The van der Waals surface area contributed by atoms with E-state index in [9.17, 15) is 9.59 Å². The van der Waals surface area contributed by atoms with Gasteiger partial charge in [-0.15, -0.1) is 0 Å². The first-order valence-electron chi connectivity index (χ1n) is 7.06. The number of piperazine rings is 1. The lowest BCUT2D eigenvalue weighted by Gasteiger charge is -2.34. The van der Waals surface area contributed by atoms with Crippen LogP contribution in [-0.2, 0) is 16.1 Å². The van der Waals surface area contributed by atoms with Crippen LogP contribution in [0.1, 0.15) is 30.7 Å². The second-order valence-corrected chi connectivity index (χ2v) is 5.20. The van der Waals surface area contributed by atoms with Crippen LogP contribution in [0.15, 0.2) is 4.63 Å². The van der Waals surface area contributed by atoms with E-state index in [1.807, 2.05) is 6.92 Å². The largest absolute Gasteiger partial charge is 0.481 e. The number of aromatic nitrogens is 2. The number of aliphatic carboxylic acids is 1. The zero-order chi connectivity index (χ0) is 15.2. The van der Waals surface area contributed by atoms with E-state index in [0.29, 0.717) is 32.5 Å². The van der Waals surface area contributed by atoms with Crippen LogP contribution < -0.4 is 0 Å². The van der Waals surface area contributed by atoms with Crippen molar-refractivity contribution in [3.8, 4) is 0 Å². The fourth-order valence-corrected chi connectivity index (χ4v) is 2.31. The van der Waals surface area contributed by atoms with Gasteiger partial charge >= 0.3 is 5.97 Å². The van der Waals surface area contributed by atoms with Crippen molar-refractivity contribution in [2.45, 2.75) is 32.7 Å². The molecule has 0 bridgehead atoms. The third-order valence-electron chi connectivity index (χ3n) is 3.63. The van der Waals surface area contributed by atoms with Gasteiger partial charge < -0.3 is 10.0 Å². The predicted molar refractivity (Wildman–Crippen MR) is 72.4 cm³/mol. The zero-order valence-electron chi connectivity index (χ0n) is 12.1. The molecule has 1 N–H and O–H groups in total. The van der Waals surface area contributed by atoms with Crippen LogP contribution in [0.25, 0.3) is 0 Å².